The van der Waals surface area contributed by atoms with E-state index < -0.39 is 86.7 Å². The number of ether oxygens (including phenoxy) is 6. The number of hydrogen-bond donors (Lipinski definition) is 7. The molecular formula is C61H98O14. The third-order valence-corrected chi connectivity index (χ3v) is 12.5. The number of aliphatic hydroxyl groups excluding tert-OH is 7. The lowest BCUT2D eigenvalue weighted by Gasteiger charge is -2.42. The summed E-state index contributed by atoms with van der Waals surface area (Å²) in [4.78, 5) is 13.1. The fourth-order valence-corrected chi connectivity index (χ4v) is 7.98. The van der Waals surface area contributed by atoms with Crippen molar-refractivity contribution in [1.29, 1.82) is 0 Å². The van der Waals surface area contributed by atoms with E-state index in [0.717, 1.165) is 128 Å². The van der Waals surface area contributed by atoms with Crippen molar-refractivity contribution in [2.75, 3.05) is 33.0 Å². The van der Waals surface area contributed by atoms with Crippen molar-refractivity contribution >= 4 is 5.97 Å². The maximum atomic E-state index is 13.1. The molecule has 7 N–H and O–H groups in total. The van der Waals surface area contributed by atoms with Crippen molar-refractivity contribution in [3.8, 4) is 0 Å². The Balaban J connectivity index is 1.76. The first-order valence-electron chi connectivity index (χ1n) is 28.1. The summed E-state index contributed by atoms with van der Waals surface area (Å²) in [5.41, 5.74) is 0. The van der Waals surface area contributed by atoms with E-state index >= 15 is 0 Å². The van der Waals surface area contributed by atoms with Crippen LogP contribution in [0.3, 0.4) is 0 Å². The molecule has 14 heteroatoms. The Morgan fingerprint density at radius 1 is 0.440 bits per heavy atom. The predicted octanol–water partition coefficient (Wildman–Crippen LogP) is 9.74. The Morgan fingerprint density at radius 3 is 1.29 bits per heavy atom. The highest BCUT2D eigenvalue weighted by Gasteiger charge is 2.47. The van der Waals surface area contributed by atoms with E-state index in [1.54, 1.807) is 0 Å². The third-order valence-electron chi connectivity index (χ3n) is 12.5. The van der Waals surface area contributed by atoms with E-state index in [9.17, 15) is 40.5 Å². The van der Waals surface area contributed by atoms with Gasteiger partial charge in [0, 0.05) is 13.0 Å². The van der Waals surface area contributed by atoms with Crippen molar-refractivity contribution in [3.05, 3.63) is 122 Å². The molecular weight excluding hydrogens is 957 g/mol. The summed E-state index contributed by atoms with van der Waals surface area (Å²) >= 11 is 0. The first-order valence-corrected chi connectivity index (χ1v) is 28.1. The van der Waals surface area contributed by atoms with Gasteiger partial charge in [0.05, 0.1) is 26.4 Å². The lowest BCUT2D eigenvalue weighted by Crippen LogP contribution is -2.61. The van der Waals surface area contributed by atoms with Crippen LogP contribution < -0.4 is 0 Å². The van der Waals surface area contributed by atoms with Crippen molar-refractivity contribution in [2.45, 2.75) is 223 Å². The van der Waals surface area contributed by atoms with Gasteiger partial charge in [0.15, 0.2) is 12.6 Å². The van der Waals surface area contributed by atoms with Crippen LogP contribution in [0.4, 0.5) is 0 Å². The van der Waals surface area contributed by atoms with Crippen molar-refractivity contribution in [2.24, 2.45) is 0 Å². The van der Waals surface area contributed by atoms with Crippen LogP contribution in [0.1, 0.15) is 155 Å². The lowest BCUT2D eigenvalue weighted by atomic mass is 9.98. The zero-order valence-electron chi connectivity index (χ0n) is 45.5. The van der Waals surface area contributed by atoms with Gasteiger partial charge in [-0.15, -0.1) is 0 Å². The zero-order chi connectivity index (χ0) is 54.4. The Hall–Kier alpha value is -3.61. The molecule has 2 aliphatic heterocycles. The minimum atomic E-state index is -1.72. The fraction of sp³-hybridized carbons (Fsp3) is 0.656. The second kappa shape index (κ2) is 46.5. The molecule has 426 valence electrons. The number of hydrogen-bond acceptors (Lipinski definition) is 14. The highest BCUT2D eigenvalue weighted by Crippen LogP contribution is 2.26. The highest BCUT2D eigenvalue weighted by atomic mass is 16.7. The van der Waals surface area contributed by atoms with Gasteiger partial charge in [0.2, 0.25) is 0 Å². The highest BCUT2D eigenvalue weighted by molar-refractivity contribution is 5.69. The lowest BCUT2D eigenvalue weighted by molar-refractivity contribution is -0.332. The van der Waals surface area contributed by atoms with Gasteiger partial charge in [0.1, 0.15) is 54.9 Å². The molecule has 14 nitrogen and oxygen atoms in total. The van der Waals surface area contributed by atoms with Crippen LogP contribution >= 0.6 is 0 Å². The molecule has 0 saturated carbocycles. The maximum absolute atomic E-state index is 13.1. The van der Waals surface area contributed by atoms with E-state index in [1.165, 1.54) is 0 Å². The van der Waals surface area contributed by atoms with E-state index in [4.69, 9.17) is 28.4 Å². The Labute approximate surface area is 450 Å². The van der Waals surface area contributed by atoms with E-state index in [-0.39, 0.29) is 19.6 Å². The molecule has 0 amide bonds. The van der Waals surface area contributed by atoms with Gasteiger partial charge in [-0.25, -0.2) is 0 Å². The van der Waals surface area contributed by atoms with Gasteiger partial charge >= 0.3 is 5.97 Å². The number of unbranched alkanes of at least 4 members (excludes halogenated alkanes) is 9. The minimum Gasteiger partial charge on any atom is -0.457 e. The van der Waals surface area contributed by atoms with Gasteiger partial charge in [0.25, 0.3) is 0 Å². The van der Waals surface area contributed by atoms with Gasteiger partial charge in [-0.1, -0.05) is 167 Å². The molecule has 2 rings (SSSR count). The summed E-state index contributed by atoms with van der Waals surface area (Å²) in [6.07, 6.45) is 48.2. The number of allylic oxidation sites excluding steroid dienone is 20. The average Bonchev–Trinajstić information content (AvgIpc) is 3.41. The minimum absolute atomic E-state index is 0.0289. The molecule has 0 aromatic heterocycles. The molecule has 11 unspecified atom stereocenters. The second-order valence-corrected chi connectivity index (χ2v) is 19.0. The van der Waals surface area contributed by atoms with Crippen molar-refractivity contribution in [1.82, 2.24) is 0 Å². The van der Waals surface area contributed by atoms with E-state index in [1.807, 2.05) is 0 Å². The molecule has 75 heavy (non-hydrogen) atoms. The maximum Gasteiger partial charge on any atom is 0.306 e. The Kier molecular flexibility index (Phi) is 41.8. The predicted molar refractivity (Wildman–Crippen MR) is 297 cm³/mol. The number of rotatable bonds is 43. The summed E-state index contributed by atoms with van der Waals surface area (Å²) in [6, 6.07) is 0. The van der Waals surface area contributed by atoms with Crippen LogP contribution in [0, 0.1) is 0 Å². The summed E-state index contributed by atoms with van der Waals surface area (Å²) in [5.74, 6) is -0.413. The van der Waals surface area contributed by atoms with Gasteiger partial charge in [-0.2, -0.15) is 0 Å². The van der Waals surface area contributed by atoms with Crippen LogP contribution in [0.15, 0.2) is 122 Å². The molecule has 2 heterocycles. The summed E-state index contributed by atoms with van der Waals surface area (Å²) in [5, 5.41) is 72.3. The first-order chi connectivity index (χ1) is 36.6. The molecule has 2 aliphatic rings. The van der Waals surface area contributed by atoms with Crippen molar-refractivity contribution < 1.29 is 69.0 Å². The number of carbonyl (C=O) groups excluding carboxylic acids is 1. The van der Waals surface area contributed by atoms with Crippen LogP contribution in [0.2, 0.25) is 0 Å². The average molecular weight is 1060 g/mol. The van der Waals surface area contributed by atoms with Crippen LogP contribution in [0.5, 0.6) is 0 Å². The molecule has 0 aromatic carbocycles. The number of aliphatic hydroxyl groups is 7. The molecule has 2 fully saturated rings. The van der Waals surface area contributed by atoms with Crippen LogP contribution in [-0.4, -0.2) is 142 Å². The largest absolute Gasteiger partial charge is 0.457 e. The molecule has 11 atom stereocenters. The quantitative estimate of drug-likeness (QED) is 0.0172. The number of carbonyl (C=O) groups is 1. The first kappa shape index (κ1) is 67.5. The van der Waals surface area contributed by atoms with Crippen LogP contribution in [-0.2, 0) is 33.2 Å². The second-order valence-electron chi connectivity index (χ2n) is 19.0. The Morgan fingerprint density at radius 2 is 0.827 bits per heavy atom. The topological polar surface area (TPSA) is 214 Å². The number of esters is 1. The molecule has 0 radical (unpaired) electrons. The van der Waals surface area contributed by atoms with E-state index in [0.29, 0.717) is 13.0 Å². The third kappa shape index (κ3) is 33.3. The molecule has 0 aromatic rings. The smallest absolute Gasteiger partial charge is 0.306 e. The molecule has 2 saturated heterocycles. The SMILES string of the molecule is CC/C=C\C/C=C\C/C=C\C/C=C\C/C=C\C/C=C\CCCCCCC(=O)OC(COCCCCCCC/C=C\C/C=C\C/C=C\C/C=C\CC)COC1OC(COC2OC(CO)C(O)C(O)C2O)C(O)C(O)C1O. The monoisotopic (exact) mass is 1050 g/mol. The Bertz CT molecular complexity index is 1700. The zero-order valence-corrected chi connectivity index (χ0v) is 45.5. The molecule has 0 spiro atoms. The fourth-order valence-electron chi connectivity index (χ4n) is 7.98. The summed E-state index contributed by atoms with van der Waals surface area (Å²) in [7, 11) is 0. The van der Waals surface area contributed by atoms with Crippen LogP contribution in [0.25, 0.3) is 0 Å². The normalized spacial score (nSPS) is 25.6. The van der Waals surface area contributed by atoms with Crippen molar-refractivity contribution in [3.63, 3.8) is 0 Å². The standard InChI is InChI=1S/C61H98O14/c1-3-5-7-9-11-13-15-17-19-21-23-24-25-26-27-28-30-32-34-36-38-40-42-44-53(63)73-50(47-70-45-43-41-39-37-35-33-31-29-22-20-18-16-14-12-10-8-6-4-2)48-71-60-59(69)57(67)55(65)52(75-60)49-72-61-58(68)56(66)54(64)51(46-62)74-61/h5-8,11-14,17-20,23-24,26-27,29-32,50-52,54-62,64-69H,3-4,9-10,15-16,21-22,25,28,33-49H2,1-2H3/b7-5-,8-6-,13-11-,14-12-,19-17-,20-18-,24-23-,27-26-,31-29-,32-30-. The van der Waals surface area contributed by atoms with Gasteiger partial charge in [-0.05, 0) is 103 Å². The van der Waals surface area contributed by atoms with Gasteiger partial charge < -0.3 is 64.2 Å². The molecule has 0 aliphatic carbocycles. The summed E-state index contributed by atoms with van der Waals surface area (Å²) in [6.45, 7) is 3.35. The van der Waals surface area contributed by atoms with Gasteiger partial charge in [-0.3, -0.25) is 4.79 Å². The molecule has 0 bridgehead atoms. The van der Waals surface area contributed by atoms with E-state index in [2.05, 4.69) is 135 Å². The summed E-state index contributed by atoms with van der Waals surface area (Å²) < 4.78 is 34.3.